The zero-order chi connectivity index (χ0) is 24.4. The Morgan fingerprint density at radius 3 is 2.46 bits per heavy atom. The van der Waals surface area contributed by atoms with Crippen LogP contribution in [0.4, 0.5) is 10.1 Å². The lowest BCUT2D eigenvalue weighted by molar-refractivity contribution is -0.119. The average Bonchev–Trinajstić information content (AvgIpc) is 3.58. The second-order valence-electron chi connectivity index (χ2n) is 8.57. The average molecular weight is 472 g/mol. The third-order valence-corrected chi connectivity index (χ3v) is 6.30. The van der Waals surface area contributed by atoms with Crippen LogP contribution >= 0.6 is 0 Å². The molecule has 2 aromatic heterocycles. The second-order valence-corrected chi connectivity index (χ2v) is 8.57. The van der Waals surface area contributed by atoms with E-state index in [0.29, 0.717) is 6.54 Å². The minimum Gasteiger partial charge on any atom is -0.459 e. The molecule has 5 rings (SSSR count). The number of furan rings is 1. The fraction of sp³-hybridized carbons (Fsp3) is 0.214. The van der Waals surface area contributed by atoms with Crippen LogP contribution in [0.2, 0.25) is 0 Å². The number of unbranched alkanes of at least 4 members (excludes halogenated alkanes) is 1. The van der Waals surface area contributed by atoms with Crippen molar-refractivity contribution in [1.29, 1.82) is 0 Å². The van der Waals surface area contributed by atoms with Gasteiger partial charge in [0.2, 0.25) is 5.91 Å². The molecule has 35 heavy (non-hydrogen) atoms. The smallest absolute Gasteiger partial charge is 0.290 e. The Labute approximate surface area is 203 Å². The molecule has 7 heteroatoms. The molecule has 0 aliphatic carbocycles. The van der Waals surface area contributed by atoms with Crippen LogP contribution in [-0.2, 0) is 4.79 Å². The van der Waals surface area contributed by atoms with Crippen molar-refractivity contribution in [3.63, 3.8) is 0 Å². The Kier molecular flexibility index (Phi) is 6.23. The summed E-state index contributed by atoms with van der Waals surface area (Å²) in [4.78, 5) is 30.4. The molecule has 0 radical (unpaired) electrons. The van der Waals surface area contributed by atoms with Crippen molar-refractivity contribution in [3.05, 3.63) is 108 Å². The predicted octanol–water partition coefficient (Wildman–Crippen LogP) is 5.59. The van der Waals surface area contributed by atoms with Gasteiger partial charge in [-0.1, -0.05) is 37.6 Å². The van der Waals surface area contributed by atoms with Gasteiger partial charge < -0.3 is 13.9 Å². The molecular weight excluding hydrogens is 445 g/mol. The largest absolute Gasteiger partial charge is 0.459 e. The number of aromatic nitrogens is 1. The molecule has 1 aliphatic heterocycles. The van der Waals surface area contributed by atoms with Crippen molar-refractivity contribution < 1.29 is 18.4 Å². The molecule has 0 fully saturated rings. The highest BCUT2D eigenvalue weighted by atomic mass is 19.1. The first-order valence-electron chi connectivity index (χ1n) is 11.8. The number of benzene rings is 2. The third kappa shape index (κ3) is 4.25. The van der Waals surface area contributed by atoms with Gasteiger partial charge >= 0.3 is 0 Å². The van der Waals surface area contributed by atoms with E-state index in [1.807, 2.05) is 49.5 Å². The molecule has 3 heterocycles. The van der Waals surface area contributed by atoms with Crippen molar-refractivity contribution in [2.24, 2.45) is 0 Å². The van der Waals surface area contributed by atoms with E-state index in [1.54, 1.807) is 34.1 Å². The second kappa shape index (κ2) is 9.62. The van der Waals surface area contributed by atoms with E-state index in [4.69, 9.17) is 4.42 Å². The number of fused-ring (bicyclic) bond motifs is 3. The van der Waals surface area contributed by atoms with Crippen LogP contribution in [0.15, 0.2) is 89.7 Å². The molecule has 2 amide bonds. The quantitative estimate of drug-likeness (QED) is 0.353. The molecule has 0 bridgehead atoms. The molecule has 6 nitrogen and oxygen atoms in total. The molecule has 0 saturated heterocycles. The molecule has 4 aromatic rings. The topological polar surface area (TPSA) is 58.7 Å². The van der Waals surface area contributed by atoms with Gasteiger partial charge in [0.1, 0.15) is 18.4 Å². The first-order valence-corrected chi connectivity index (χ1v) is 11.8. The summed E-state index contributed by atoms with van der Waals surface area (Å²) < 4.78 is 21.1. The Hall–Kier alpha value is -4.13. The highest BCUT2D eigenvalue weighted by Gasteiger charge is 2.37. The summed E-state index contributed by atoms with van der Waals surface area (Å²) in [5.74, 6) is -0.677. The first kappa shape index (κ1) is 22.7. The van der Waals surface area contributed by atoms with Crippen LogP contribution in [0, 0.1) is 5.82 Å². The maximum Gasteiger partial charge on any atom is 0.290 e. The van der Waals surface area contributed by atoms with Gasteiger partial charge in [0.15, 0.2) is 5.76 Å². The minimum atomic E-state index is -0.472. The molecule has 0 N–H and O–H groups in total. The Morgan fingerprint density at radius 1 is 0.971 bits per heavy atom. The molecule has 0 saturated carbocycles. The maximum atomic E-state index is 14.0. The summed E-state index contributed by atoms with van der Waals surface area (Å²) >= 11 is 0. The lowest BCUT2D eigenvalue weighted by Gasteiger charge is -2.39. The summed E-state index contributed by atoms with van der Waals surface area (Å²) in [5, 5.41) is 0. The van der Waals surface area contributed by atoms with Gasteiger partial charge in [0.25, 0.3) is 5.91 Å². The Bertz CT molecular complexity index is 1330. The highest BCUT2D eigenvalue weighted by Crippen LogP contribution is 2.42. The van der Waals surface area contributed by atoms with E-state index in [2.05, 4.69) is 4.57 Å². The zero-order valence-electron chi connectivity index (χ0n) is 19.4. The van der Waals surface area contributed by atoms with Crippen LogP contribution in [0.1, 0.15) is 47.6 Å². The van der Waals surface area contributed by atoms with E-state index < -0.39 is 6.04 Å². The van der Waals surface area contributed by atoms with E-state index >= 15 is 0 Å². The standard InChI is InChI=1S/C28H26FN3O3/c1-2-3-16-30(28(34)25-11-7-18-35-25)19-26(33)32-23-9-5-4-8-22(23)31-17-6-10-24(31)27(32)20-12-14-21(29)15-13-20/h4-15,17-18,27H,2-3,16,19H2,1H3. The number of carbonyl (C=O) groups excluding carboxylic acids is 2. The number of rotatable bonds is 7. The summed E-state index contributed by atoms with van der Waals surface area (Å²) in [7, 11) is 0. The van der Waals surface area contributed by atoms with Gasteiger partial charge in [0, 0.05) is 12.7 Å². The van der Waals surface area contributed by atoms with Crippen LogP contribution in [0.25, 0.3) is 5.69 Å². The van der Waals surface area contributed by atoms with E-state index in [-0.39, 0.29) is 29.9 Å². The lowest BCUT2D eigenvalue weighted by Crippen LogP contribution is -2.47. The normalized spacial score (nSPS) is 14.3. The van der Waals surface area contributed by atoms with Gasteiger partial charge in [-0.05, 0) is 60.5 Å². The number of anilines is 1. The predicted molar refractivity (Wildman–Crippen MR) is 131 cm³/mol. The van der Waals surface area contributed by atoms with Crippen molar-refractivity contribution in [3.8, 4) is 5.69 Å². The molecule has 1 unspecified atom stereocenters. The first-order chi connectivity index (χ1) is 17.1. The van der Waals surface area contributed by atoms with Crippen molar-refractivity contribution in [2.45, 2.75) is 25.8 Å². The van der Waals surface area contributed by atoms with Gasteiger partial charge in [-0.3, -0.25) is 14.5 Å². The minimum absolute atomic E-state index is 0.105. The molecule has 1 atom stereocenters. The number of hydrogen-bond donors (Lipinski definition) is 0. The zero-order valence-corrected chi connectivity index (χ0v) is 19.4. The maximum absolute atomic E-state index is 14.0. The van der Waals surface area contributed by atoms with E-state index in [1.165, 1.54) is 18.4 Å². The van der Waals surface area contributed by atoms with Crippen molar-refractivity contribution >= 4 is 17.5 Å². The van der Waals surface area contributed by atoms with Crippen LogP contribution in [0.3, 0.4) is 0 Å². The van der Waals surface area contributed by atoms with Gasteiger partial charge in [-0.25, -0.2) is 4.39 Å². The molecule has 178 valence electrons. The van der Waals surface area contributed by atoms with Gasteiger partial charge in [-0.15, -0.1) is 0 Å². The van der Waals surface area contributed by atoms with Gasteiger partial charge in [0.05, 0.1) is 23.3 Å². The summed E-state index contributed by atoms with van der Waals surface area (Å²) in [6.07, 6.45) is 5.06. The third-order valence-electron chi connectivity index (χ3n) is 6.30. The monoisotopic (exact) mass is 471 g/mol. The van der Waals surface area contributed by atoms with Crippen LogP contribution in [0.5, 0.6) is 0 Å². The Morgan fingerprint density at radius 2 is 1.74 bits per heavy atom. The van der Waals surface area contributed by atoms with Crippen LogP contribution in [-0.4, -0.2) is 34.4 Å². The fourth-order valence-corrected chi connectivity index (χ4v) is 4.62. The fourth-order valence-electron chi connectivity index (χ4n) is 4.62. The molecular formula is C28H26FN3O3. The highest BCUT2D eigenvalue weighted by molar-refractivity contribution is 6.02. The van der Waals surface area contributed by atoms with Crippen LogP contribution < -0.4 is 4.90 Å². The number of nitrogens with zero attached hydrogens (tertiary/aromatic N) is 3. The van der Waals surface area contributed by atoms with Gasteiger partial charge in [-0.2, -0.15) is 0 Å². The van der Waals surface area contributed by atoms with Crippen molar-refractivity contribution in [1.82, 2.24) is 9.47 Å². The van der Waals surface area contributed by atoms with Crippen molar-refractivity contribution in [2.75, 3.05) is 18.0 Å². The number of para-hydroxylation sites is 2. The van der Waals surface area contributed by atoms with E-state index in [0.717, 1.165) is 35.5 Å². The number of carbonyl (C=O) groups is 2. The summed E-state index contributed by atoms with van der Waals surface area (Å²) in [6, 6.07) is 20.6. The molecule has 0 spiro atoms. The number of amides is 2. The molecule has 2 aromatic carbocycles. The Balaban J connectivity index is 1.56. The molecule has 1 aliphatic rings. The summed E-state index contributed by atoms with van der Waals surface area (Å²) in [6.45, 7) is 2.37. The number of halogens is 1. The SMILES string of the molecule is CCCCN(CC(=O)N1c2ccccc2-n2cccc2C1c1ccc(F)cc1)C(=O)c1ccco1. The lowest BCUT2D eigenvalue weighted by atomic mass is 9.97. The van der Waals surface area contributed by atoms with E-state index in [9.17, 15) is 14.0 Å². The number of hydrogen-bond acceptors (Lipinski definition) is 3. The summed E-state index contributed by atoms with van der Waals surface area (Å²) in [5.41, 5.74) is 3.28.